The van der Waals surface area contributed by atoms with Gasteiger partial charge < -0.3 is 10.6 Å². The minimum Gasteiger partial charge on any atom is -0.399 e. The van der Waals surface area contributed by atoms with Crippen molar-refractivity contribution in [2.24, 2.45) is 0 Å². The lowest BCUT2D eigenvalue weighted by Gasteiger charge is -2.29. The first-order valence-corrected chi connectivity index (χ1v) is 7.53. The van der Waals surface area contributed by atoms with Gasteiger partial charge in [-0.15, -0.1) is 11.8 Å². The topological polar surface area (TPSA) is 46.3 Å². The second-order valence-corrected chi connectivity index (χ2v) is 5.71. The molecule has 1 aliphatic rings. The largest absolute Gasteiger partial charge is 0.399 e. The number of nitrogens with zero attached hydrogens (tertiary/aromatic N) is 1. The Kier molecular flexibility index (Phi) is 4.53. The first kappa shape index (κ1) is 13.3. The molecule has 0 atom stereocenters. The number of carbonyl (C=O) groups excluding carboxylic acids is 1. The summed E-state index contributed by atoms with van der Waals surface area (Å²) in [4.78, 5) is 15.3. The van der Waals surface area contributed by atoms with Gasteiger partial charge in [-0.3, -0.25) is 4.79 Å². The number of fused-ring (bicyclic) bond motifs is 1. The summed E-state index contributed by atoms with van der Waals surface area (Å²) < 4.78 is 0. The fourth-order valence-electron chi connectivity index (χ4n) is 2.15. The Hall–Kier alpha value is -1.16. The van der Waals surface area contributed by atoms with Crippen LogP contribution in [0, 0.1) is 0 Å². The number of thioether (sulfide) groups is 1. The Labute approximate surface area is 113 Å². The zero-order valence-electron chi connectivity index (χ0n) is 10.8. The van der Waals surface area contributed by atoms with E-state index in [9.17, 15) is 4.79 Å². The number of rotatable bonds is 4. The van der Waals surface area contributed by atoms with Crippen molar-refractivity contribution < 1.29 is 4.79 Å². The normalized spacial score (nSPS) is 14.4. The van der Waals surface area contributed by atoms with Crippen LogP contribution < -0.4 is 10.6 Å². The van der Waals surface area contributed by atoms with Gasteiger partial charge in [0, 0.05) is 29.3 Å². The molecule has 4 heteroatoms. The Morgan fingerprint density at radius 2 is 2.28 bits per heavy atom. The van der Waals surface area contributed by atoms with E-state index in [2.05, 4.69) is 6.92 Å². The third-order valence-corrected chi connectivity index (χ3v) is 4.18. The molecular formula is C14H20N2OS. The van der Waals surface area contributed by atoms with Crippen molar-refractivity contribution in [3.63, 3.8) is 0 Å². The van der Waals surface area contributed by atoms with E-state index >= 15 is 0 Å². The lowest BCUT2D eigenvalue weighted by atomic mass is 10.1. The van der Waals surface area contributed by atoms with Crippen LogP contribution in [-0.4, -0.2) is 18.2 Å². The SMILES string of the molecule is CCCCCC(=O)N1CCSc2ccc(N)cc21. The maximum Gasteiger partial charge on any atom is 0.227 e. The molecule has 2 rings (SSSR count). The second-order valence-electron chi connectivity index (χ2n) is 4.58. The summed E-state index contributed by atoms with van der Waals surface area (Å²) in [5.41, 5.74) is 7.54. The highest BCUT2D eigenvalue weighted by molar-refractivity contribution is 7.99. The zero-order chi connectivity index (χ0) is 13.0. The number of hydrogen-bond donors (Lipinski definition) is 1. The molecule has 98 valence electrons. The van der Waals surface area contributed by atoms with Gasteiger partial charge in [0.15, 0.2) is 0 Å². The fourth-order valence-corrected chi connectivity index (χ4v) is 3.13. The van der Waals surface area contributed by atoms with E-state index in [-0.39, 0.29) is 5.91 Å². The molecule has 0 aliphatic carbocycles. The van der Waals surface area contributed by atoms with Crippen LogP contribution in [0.1, 0.15) is 32.6 Å². The molecule has 3 nitrogen and oxygen atoms in total. The Balaban J connectivity index is 2.11. The van der Waals surface area contributed by atoms with Crippen LogP contribution >= 0.6 is 11.8 Å². The molecule has 1 heterocycles. The number of nitrogen functional groups attached to an aromatic ring is 1. The van der Waals surface area contributed by atoms with E-state index in [4.69, 9.17) is 5.73 Å². The van der Waals surface area contributed by atoms with Gasteiger partial charge in [-0.2, -0.15) is 0 Å². The highest BCUT2D eigenvalue weighted by atomic mass is 32.2. The van der Waals surface area contributed by atoms with E-state index in [1.807, 2.05) is 23.1 Å². The van der Waals surface area contributed by atoms with Crippen LogP contribution in [0.15, 0.2) is 23.1 Å². The van der Waals surface area contributed by atoms with Crippen LogP contribution in [-0.2, 0) is 4.79 Å². The predicted molar refractivity (Wildman–Crippen MR) is 78.1 cm³/mol. The molecule has 0 aromatic heterocycles. The maximum absolute atomic E-state index is 12.2. The number of nitrogens with two attached hydrogens (primary N) is 1. The summed E-state index contributed by atoms with van der Waals surface area (Å²) >= 11 is 1.80. The summed E-state index contributed by atoms with van der Waals surface area (Å²) in [5, 5.41) is 0. The molecule has 0 bridgehead atoms. The fraction of sp³-hybridized carbons (Fsp3) is 0.500. The molecule has 0 spiro atoms. The molecule has 18 heavy (non-hydrogen) atoms. The van der Waals surface area contributed by atoms with Crippen molar-refractivity contribution in [3.05, 3.63) is 18.2 Å². The Morgan fingerprint density at radius 3 is 3.06 bits per heavy atom. The van der Waals surface area contributed by atoms with E-state index < -0.39 is 0 Å². The van der Waals surface area contributed by atoms with Crippen molar-refractivity contribution in [1.29, 1.82) is 0 Å². The number of amides is 1. The van der Waals surface area contributed by atoms with Gasteiger partial charge in [0.1, 0.15) is 0 Å². The molecule has 0 saturated carbocycles. The summed E-state index contributed by atoms with van der Waals surface area (Å²) in [6.07, 6.45) is 3.90. The number of hydrogen-bond acceptors (Lipinski definition) is 3. The van der Waals surface area contributed by atoms with Crippen molar-refractivity contribution >= 4 is 29.0 Å². The minimum atomic E-state index is 0.232. The summed E-state index contributed by atoms with van der Waals surface area (Å²) in [5.74, 6) is 1.20. The molecule has 1 aromatic rings. The lowest BCUT2D eigenvalue weighted by molar-refractivity contribution is -0.118. The standard InChI is InChI=1S/C14H20N2OS/c1-2-3-4-5-14(17)16-8-9-18-13-7-6-11(15)10-12(13)16/h6-7,10H,2-5,8-9,15H2,1H3. The van der Waals surface area contributed by atoms with E-state index in [0.717, 1.165) is 42.9 Å². The number of anilines is 2. The smallest absolute Gasteiger partial charge is 0.227 e. The minimum absolute atomic E-state index is 0.232. The first-order valence-electron chi connectivity index (χ1n) is 6.55. The van der Waals surface area contributed by atoms with Gasteiger partial charge in [0.2, 0.25) is 5.91 Å². The van der Waals surface area contributed by atoms with Gasteiger partial charge in [-0.25, -0.2) is 0 Å². The number of benzene rings is 1. The monoisotopic (exact) mass is 264 g/mol. The van der Waals surface area contributed by atoms with Gasteiger partial charge in [-0.1, -0.05) is 19.8 Å². The van der Waals surface area contributed by atoms with Gasteiger partial charge in [0.05, 0.1) is 5.69 Å². The van der Waals surface area contributed by atoms with E-state index in [1.165, 1.54) is 4.90 Å². The Bertz CT molecular complexity index is 434. The van der Waals surface area contributed by atoms with Crippen LogP contribution in [0.3, 0.4) is 0 Å². The van der Waals surface area contributed by atoms with Crippen LogP contribution in [0.4, 0.5) is 11.4 Å². The molecule has 1 aromatic carbocycles. The third-order valence-electron chi connectivity index (χ3n) is 3.14. The molecule has 0 radical (unpaired) electrons. The molecule has 2 N–H and O–H groups in total. The maximum atomic E-state index is 12.2. The predicted octanol–water partition coefficient (Wildman–Crippen LogP) is 3.29. The summed E-state index contributed by atoms with van der Waals surface area (Å²) in [6.45, 7) is 2.95. The van der Waals surface area contributed by atoms with E-state index in [1.54, 1.807) is 11.8 Å². The van der Waals surface area contributed by atoms with E-state index in [0.29, 0.717) is 6.42 Å². The molecule has 0 fully saturated rings. The van der Waals surface area contributed by atoms with Crippen molar-refractivity contribution in [2.75, 3.05) is 22.9 Å². The van der Waals surface area contributed by atoms with Crippen LogP contribution in [0.25, 0.3) is 0 Å². The second kappa shape index (κ2) is 6.14. The quantitative estimate of drug-likeness (QED) is 0.670. The lowest BCUT2D eigenvalue weighted by Crippen LogP contribution is -2.35. The van der Waals surface area contributed by atoms with Crippen LogP contribution in [0.2, 0.25) is 0 Å². The average molecular weight is 264 g/mol. The van der Waals surface area contributed by atoms with Crippen LogP contribution in [0.5, 0.6) is 0 Å². The zero-order valence-corrected chi connectivity index (χ0v) is 11.6. The highest BCUT2D eigenvalue weighted by Gasteiger charge is 2.22. The molecule has 0 saturated heterocycles. The summed E-state index contributed by atoms with van der Waals surface area (Å²) in [6, 6.07) is 5.83. The van der Waals surface area contributed by atoms with Crippen molar-refractivity contribution in [2.45, 2.75) is 37.5 Å². The van der Waals surface area contributed by atoms with Gasteiger partial charge in [0.25, 0.3) is 0 Å². The number of carbonyl (C=O) groups is 1. The van der Waals surface area contributed by atoms with Crippen molar-refractivity contribution in [1.82, 2.24) is 0 Å². The Morgan fingerprint density at radius 1 is 1.44 bits per heavy atom. The summed E-state index contributed by atoms with van der Waals surface area (Å²) in [7, 11) is 0. The van der Waals surface area contributed by atoms with Gasteiger partial charge in [-0.05, 0) is 24.6 Å². The van der Waals surface area contributed by atoms with Gasteiger partial charge >= 0.3 is 0 Å². The third kappa shape index (κ3) is 2.99. The highest BCUT2D eigenvalue weighted by Crippen LogP contribution is 2.36. The number of unbranched alkanes of at least 4 members (excludes halogenated alkanes) is 2. The average Bonchev–Trinajstić information content (AvgIpc) is 2.38. The molecular weight excluding hydrogens is 244 g/mol. The molecule has 0 unspecified atom stereocenters. The molecule has 1 aliphatic heterocycles. The van der Waals surface area contributed by atoms with Crippen molar-refractivity contribution in [3.8, 4) is 0 Å². The molecule has 1 amide bonds. The first-order chi connectivity index (χ1) is 8.72.